The van der Waals surface area contributed by atoms with E-state index >= 15 is 0 Å². The maximum Gasteiger partial charge on any atom is 0.293 e. The number of para-hydroxylation sites is 1. The average molecular weight is 425 g/mol. The molecular weight excluding hydrogens is 412 g/mol. The fourth-order valence-electron chi connectivity index (χ4n) is 2.58. The second kappa shape index (κ2) is 7.16. The van der Waals surface area contributed by atoms with Crippen LogP contribution < -0.4 is 10.7 Å². The molecule has 8 heteroatoms. The van der Waals surface area contributed by atoms with Gasteiger partial charge in [0.1, 0.15) is 11.9 Å². The van der Waals surface area contributed by atoms with E-state index in [1.54, 1.807) is 28.9 Å². The van der Waals surface area contributed by atoms with Crippen LogP contribution in [0.25, 0.3) is 11.0 Å². The predicted molar refractivity (Wildman–Crippen MR) is 104 cm³/mol. The van der Waals surface area contributed by atoms with Crippen LogP contribution in [0.5, 0.6) is 0 Å². The zero-order valence-electron chi connectivity index (χ0n) is 13.9. The molecule has 7 nitrogen and oxygen atoms in total. The quantitative estimate of drug-likeness (QED) is 0.541. The van der Waals surface area contributed by atoms with E-state index in [9.17, 15) is 9.59 Å². The van der Waals surface area contributed by atoms with Crippen molar-refractivity contribution in [2.45, 2.75) is 6.54 Å². The molecule has 0 aliphatic carbocycles. The Labute approximate surface area is 161 Å². The van der Waals surface area contributed by atoms with Gasteiger partial charge in [-0.05, 0) is 29.8 Å². The Hall–Kier alpha value is -3.26. The fourth-order valence-corrected chi connectivity index (χ4v) is 2.85. The first-order valence-corrected chi connectivity index (χ1v) is 8.86. The van der Waals surface area contributed by atoms with Crippen LogP contribution >= 0.6 is 15.9 Å². The second-order valence-electron chi connectivity index (χ2n) is 5.82. The molecule has 0 saturated carbocycles. The van der Waals surface area contributed by atoms with E-state index in [1.165, 1.54) is 6.33 Å². The predicted octanol–water partition coefficient (Wildman–Crippen LogP) is 3.45. The van der Waals surface area contributed by atoms with Crippen molar-refractivity contribution < 1.29 is 9.21 Å². The van der Waals surface area contributed by atoms with Gasteiger partial charge in [-0.15, -0.1) is 5.10 Å². The highest BCUT2D eigenvalue weighted by Crippen LogP contribution is 2.14. The number of anilines is 1. The molecule has 0 unspecified atom stereocenters. The van der Waals surface area contributed by atoms with Gasteiger partial charge in [-0.2, -0.15) is 0 Å². The van der Waals surface area contributed by atoms with E-state index < -0.39 is 5.91 Å². The van der Waals surface area contributed by atoms with Crippen LogP contribution in [0.3, 0.4) is 0 Å². The van der Waals surface area contributed by atoms with Gasteiger partial charge < -0.3 is 4.42 Å². The Morgan fingerprint density at radius 2 is 1.93 bits per heavy atom. The van der Waals surface area contributed by atoms with Crippen LogP contribution in [0, 0.1) is 0 Å². The summed E-state index contributed by atoms with van der Waals surface area (Å²) in [5.74, 6) is -0.546. The number of carbonyl (C=O) groups is 1. The molecule has 0 aliphatic rings. The van der Waals surface area contributed by atoms with Crippen LogP contribution in [0.1, 0.15) is 16.1 Å². The molecule has 134 valence electrons. The van der Waals surface area contributed by atoms with Gasteiger partial charge >= 0.3 is 0 Å². The van der Waals surface area contributed by atoms with Crippen molar-refractivity contribution in [3.8, 4) is 0 Å². The molecule has 2 heterocycles. The molecule has 0 aliphatic heterocycles. The van der Waals surface area contributed by atoms with Crippen LogP contribution in [0.2, 0.25) is 0 Å². The Balaban J connectivity index is 1.51. The first-order valence-electron chi connectivity index (χ1n) is 8.06. The largest absolute Gasteiger partial charge is 0.451 e. The van der Waals surface area contributed by atoms with Gasteiger partial charge in [0.2, 0.25) is 5.95 Å². The maximum absolute atomic E-state index is 12.4. The summed E-state index contributed by atoms with van der Waals surface area (Å²) in [6.45, 7) is 0.515. The Morgan fingerprint density at radius 3 is 2.74 bits per heavy atom. The molecule has 0 saturated heterocycles. The molecular formula is C19H13BrN4O3. The highest BCUT2D eigenvalue weighted by Gasteiger charge is 2.14. The molecule has 1 N–H and O–H groups in total. The first kappa shape index (κ1) is 17.2. The smallest absolute Gasteiger partial charge is 0.293 e. The minimum Gasteiger partial charge on any atom is -0.451 e. The summed E-state index contributed by atoms with van der Waals surface area (Å²) < 4.78 is 8.11. The lowest BCUT2D eigenvalue weighted by molar-refractivity contribution is 0.0996. The third-order valence-electron chi connectivity index (χ3n) is 3.88. The van der Waals surface area contributed by atoms with Gasteiger partial charge in [0, 0.05) is 10.5 Å². The summed E-state index contributed by atoms with van der Waals surface area (Å²) in [6, 6.07) is 15.7. The molecule has 0 atom stereocenters. The van der Waals surface area contributed by atoms with Crippen molar-refractivity contribution in [1.29, 1.82) is 0 Å². The van der Waals surface area contributed by atoms with Crippen LogP contribution in [0.4, 0.5) is 5.95 Å². The van der Waals surface area contributed by atoms with Crippen molar-refractivity contribution in [3.05, 3.63) is 86.9 Å². The number of hydrogen-bond donors (Lipinski definition) is 1. The number of amides is 1. The molecule has 4 rings (SSSR count). The van der Waals surface area contributed by atoms with E-state index in [0.717, 1.165) is 16.1 Å². The van der Waals surface area contributed by atoms with Crippen LogP contribution in [-0.2, 0) is 6.54 Å². The highest BCUT2D eigenvalue weighted by molar-refractivity contribution is 9.10. The summed E-state index contributed by atoms with van der Waals surface area (Å²) in [5.41, 5.74) is 1.11. The Morgan fingerprint density at radius 1 is 1.15 bits per heavy atom. The number of aromatic nitrogens is 3. The lowest BCUT2D eigenvalue weighted by Crippen LogP contribution is -2.16. The lowest BCUT2D eigenvalue weighted by atomic mass is 10.2. The standard InChI is InChI=1S/C19H13BrN4O3/c20-13-7-5-12(6-8-13)10-24-11-21-19(23-24)22-18(26)17-9-15(25)14-3-1-2-4-16(14)27-17/h1-9,11H,10H2,(H,22,23,26). The summed E-state index contributed by atoms with van der Waals surface area (Å²) in [5, 5.41) is 7.19. The Kier molecular flexibility index (Phi) is 4.55. The van der Waals surface area contributed by atoms with E-state index in [4.69, 9.17) is 4.42 Å². The molecule has 0 radical (unpaired) electrons. The summed E-state index contributed by atoms with van der Waals surface area (Å²) in [6.07, 6.45) is 1.52. The number of hydrogen-bond acceptors (Lipinski definition) is 5. The zero-order valence-corrected chi connectivity index (χ0v) is 15.5. The fraction of sp³-hybridized carbons (Fsp3) is 0.0526. The molecule has 2 aromatic heterocycles. The van der Waals surface area contributed by atoms with E-state index in [2.05, 4.69) is 31.3 Å². The number of nitrogens with one attached hydrogen (secondary N) is 1. The Bertz CT molecular complexity index is 1180. The number of halogens is 1. The van der Waals surface area contributed by atoms with Crippen molar-refractivity contribution in [1.82, 2.24) is 14.8 Å². The average Bonchev–Trinajstić information content (AvgIpc) is 3.10. The molecule has 1 amide bonds. The maximum atomic E-state index is 12.4. The SMILES string of the molecule is O=C(Nc1ncn(Cc2ccc(Br)cc2)n1)c1cc(=O)c2ccccc2o1. The number of nitrogens with zero attached hydrogens (tertiary/aromatic N) is 3. The van der Waals surface area contributed by atoms with Gasteiger partial charge in [0.15, 0.2) is 11.2 Å². The van der Waals surface area contributed by atoms with Gasteiger partial charge in [-0.3, -0.25) is 14.9 Å². The topological polar surface area (TPSA) is 90.0 Å². The number of benzene rings is 2. The summed E-state index contributed by atoms with van der Waals surface area (Å²) in [7, 11) is 0. The van der Waals surface area contributed by atoms with Gasteiger partial charge in [-0.25, -0.2) is 9.67 Å². The van der Waals surface area contributed by atoms with Crippen molar-refractivity contribution in [3.63, 3.8) is 0 Å². The third-order valence-corrected chi connectivity index (χ3v) is 4.41. The minimum absolute atomic E-state index is 0.0945. The van der Waals surface area contributed by atoms with Crippen molar-refractivity contribution >= 4 is 38.8 Å². The zero-order chi connectivity index (χ0) is 18.8. The van der Waals surface area contributed by atoms with Crippen molar-refractivity contribution in [2.24, 2.45) is 0 Å². The molecule has 0 spiro atoms. The number of fused-ring (bicyclic) bond motifs is 1. The van der Waals surface area contributed by atoms with Crippen LogP contribution in [-0.4, -0.2) is 20.7 Å². The molecule has 27 heavy (non-hydrogen) atoms. The van der Waals surface area contributed by atoms with E-state index in [0.29, 0.717) is 17.5 Å². The molecule has 0 fully saturated rings. The molecule has 0 bridgehead atoms. The van der Waals surface area contributed by atoms with E-state index in [1.807, 2.05) is 24.3 Å². The normalized spacial score (nSPS) is 10.9. The van der Waals surface area contributed by atoms with Gasteiger partial charge in [0.25, 0.3) is 5.91 Å². The first-order chi connectivity index (χ1) is 13.1. The van der Waals surface area contributed by atoms with Gasteiger partial charge in [-0.1, -0.05) is 40.2 Å². The number of rotatable bonds is 4. The van der Waals surface area contributed by atoms with E-state index in [-0.39, 0.29) is 17.1 Å². The number of carbonyl (C=O) groups excluding carboxylic acids is 1. The second-order valence-corrected chi connectivity index (χ2v) is 6.73. The van der Waals surface area contributed by atoms with Crippen LogP contribution in [0.15, 0.2) is 74.6 Å². The lowest BCUT2D eigenvalue weighted by Gasteiger charge is -2.03. The molecule has 4 aromatic rings. The summed E-state index contributed by atoms with van der Waals surface area (Å²) >= 11 is 3.39. The third kappa shape index (κ3) is 3.80. The minimum atomic E-state index is -0.584. The monoisotopic (exact) mass is 424 g/mol. The molecule has 2 aromatic carbocycles. The highest BCUT2D eigenvalue weighted by atomic mass is 79.9. The van der Waals surface area contributed by atoms with Crippen molar-refractivity contribution in [2.75, 3.05) is 5.32 Å². The summed E-state index contributed by atoms with van der Waals surface area (Å²) in [4.78, 5) is 28.6. The van der Waals surface area contributed by atoms with Gasteiger partial charge in [0.05, 0.1) is 11.9 Å².